The quantitative estimate of drug-likeness (QED) is 0.669. The molecule has 0 aliphatic carbocycles. The molecule has 0 aliphatic rings. The Balaban J connectivity index is 2.15. The van der Waals surface area contributed by atoms with E-state index < -0.39 is 0 Å². The minimum atomic E-state index is -0.390. The van der Waals surface area contributed by atoms with Gasteiger partial charge in [-0.15, -0.1) is 11.8 Å². The van der Waals surface area contributed by atoms with E-state index in [0.717, 1.165) is 22.6 Å². The van der Waals surface area contributed by atoms with Crippen LogP contribution in [0.15, 0.2) is 41.3 Å². The van der Waals surface area contributed by atoms with Gasteiger partial charge in [0.2, 0.25) is 5.91 Å². The SMILES string of the molecule is Cc1cc(C(N)=O)ccc1CSc1cccc(N)c1C. The summed E-state index contributed by atoms with van der Waals surface area (Å²) < 4.78 is 0. The number of amides is 1. The van der Waals surface area contributed by atoms with Gasteiger partial charge in [0.25, 0.3) is 0 Å². The van der Waals surface area contributed by atoms with Crippen LogP contribution in [0.5, 0.6) is 0 Å². The normalized spacial score (nSPS) is 10.5. The average molecular weight is 286 g/mol. The van der Waals surface area contributed by atoms with Gasteiger partial charge in [0.15, 0.2) is 0 Å². The number of hydrogen-bond acceptors (Lipinski definition) is 3. The van der Waals surface area contributed by atoms with Gasteiger partial charge in [-0.1, -0.05) is 12.1 Å². The number of nitrogens with two attached hydrogens (primary N) is 2. The van der Waals surface area contributed by atoms with Gasteiger partial charge < -0.3 is 11.5 Å². The first kappa shape index (κ1) is 14.5. The molecule has 0 unspecified atom stereocenters. The molecule has 20 heavy (non-hydrogen) atoms. The summed E-state index contributed by atoms with van der Waals surface area (Å²) in [5.74, 6) is 0.453. The second kappa shape index (κ2) is 6.01. The molecule has 0 heterocycles. The van der Waals surface area contributed by atoms with Gasteiger partial charge in [0.1, 0.15) is 0 Å². The van der Waals surface area contributed by atoms with E-state index in [1.54, 1.807) is 17.8 Å². The van der Waals surface area contributed by atoms with Crippen LogP contribution in [0.25, 0.3) is 0 Å². The maximum atomic E-state index is 11.1. The van der Waals surface area contributed by atoms with E-state index >= 15 is 0 Å². The molecule has 0 radical (unpaired) electrons. The molecule has 1 amide bonds. The fraction of sp³-hybridized carbons (Fsp3) is 0.188. The number of carbonyl (C=O) groups excluding carboxylic acids is 1. The number of benzene rings is 2. The van der Waals surface area contributed by atoms with Crippen molar-refractivity contribution in [3.8, 4) is 0 Å². The van der Waals surface area contributed by atoms with Crippen molar-refractivity contribution >= 4 is 23.4 Å². The van der Waals surface area contributed by atoms with Crippen molar-refractivity contribution in [3.05, 3.63) is 58.7 Å². The van der Waals surface area contributed by atoms with Crippen LogP contribution < -0.4 is 11.5 Å². The lowest BCUT2D eigenvalue weighted by atomic mass is 10.1. The molecule has 0 fully saturated rings. The minimum Gasteiger partial charge on any atom is -0.398 e. The molecule has 104 valence electrons. The van der Waals surface area contributed by atoms with Gasteiger partial charge in [-0.05, 0) is 54.8 Å². The van der Waals surface area contributed by atoms with E-state index in [1.807, 2.05) is 38.1 Å². The first-order valence-electron chi connectivity index (χ1n) is 6.36. The highest BCUT2D eigenvalue weighted by molar-refractivity contribution is 7.98. The highest BCUT2D eigenvalue weighted by atomic mass is 32.2. The number of hydrogen-bond donors (Lipinski definition) is 2. The summed E-state index contributed by atoms with van der Waals surface area (Å²) in [6.07, 6.45) is 0. The highest BCUT2D eigenvalue weighted by Gasteiger charge is 2.06. The van der Waals surface area contributed by atoms with Crippen LogP contribution in [0.2, 0.25) is 0 Å². The van der Waals surface area contributed by atoms with Gasteiger partial charge >= 0.3 is 0 Å². The van der Waals surface area contributed by atoms with Crippen LogP contribution >= 0.6 is 11.8 Å². The summed E-state index contributed by atoms with van der Waals surface area (Å²) >= 11 is 1.75. The molecular weight excluding hydrogens is 268 g/mol. The van der Waals surface area contributed by atoms with Crippen LogP contribution in [0, 0.1) is 13.8 Å². The molecule has 0 atom stereocenters. The Morgan fingerprint density at radius 2 is 1.95 bits per heavy atom. The number of aryl methyl sites for hydroxylation is 1. The molecule has 0 bridgehead atoms. The van der Waals surface area contributed by atoms with Gasteiger partial charge in [0.05, 0.1) is 0 Å². The van der Waals surface area contributed by atoms with Crippen molar-refractivity contribution in [2.75, 3.05) is 5.73 Å². The molecule has 0 saturated heterocycles. The van der Waals surface area contributed by atoms with Crippen molar-refractivity contribution < 1.29 is 4.79 Å². The van der Waals surface area contributed by atoms with Crippen molar-refractivity contribution in [2.45, 2.75) is 24.5 Å². The first-order chi connectivity index (χ1) is 9.49. The van der Waals surface area contributed by atoms with Crippen molar-refractivity contribution in [1.82, 2.24) is 0 Å². The van der Waals surface area contributed by atoms with Gasteiger partial charge in [-0.2, -0.15) is 0 Å². The summed E-state index contributed by atoms with van der Waals surface area (Å²) in [7, 11) is 0. The third kappa shape index (κ3) is 3.14. The Labute approximate surface area is 123 Å². The Morgan fingerprint density at radius 1 is 1.20 bits per heavy atom. The second-order valence-corrected chi connectivity index (χ2v) is 5.78. The Bertz CT molecular complexity index is 653. The second-order valence-electron chi connectivity index (χ2n) is 4.76. The molecule has 2 aromatic carbocycles. The number of rotatable bonds is 4. The zero-order chi connectivity index (χ0) is 14.7. The van der Waals surface area contributed by atoms with Crippen LogP contribution in [0.4, 0.5) is 5.69 Å². The molecule has 4 N–H and O–H groups in total. The fourth-order valence-corrected chi connectivity index (χ4v) is 3.10. The monoisotopic (exact) mass is 286 g/mol. The zero-order valence-corrected chi connectivity index (χ0v) is 12.5. The average Bonchev–Trinajstić information content (AvgIpc) is 2.41. The molecule has 0 aromatic heterocycles. The predicted octanol–water partition coefficient (Wildman–Crippen LogP) is 3.28. The Kier molecular flexibility index (Phi) is 4.35. The lowest BCUT2D eigenvalue weighted by molar-refractivity contribution is 0.1000. The van der Waals surface area contributed by atoms with E-state index in [9.17, 15) is 4.79 Å². The molecule has 3 nitrogen and oxygen atoms in total. The molecule has 2 rings (SSSR count). The Morgan fingerprint density at radius 3 is 2.60 bits per heavy atom. The van der Waals surface area contributed by atoms with Crippen molar-refractivity contribution in [2.24, 2.45) is 5.73 Å². The zero-order valence-electron chi connectivity index (χ0n) is 11.6. The van der Waals surface area contributed by atoms with E-state index in [0.29, 0.717) is 5.56 Å². The molecule has 0 spiro atoms. The minimum absolute atomic E-state index is 0.390. The lowest BCUT2D eigenvalue weighted by Gasteiger charge is -2.10. The van der Waals surface area contributed by atoms with E-state index in [2.05, 4.69) is 6.07 Å². The third-order valence-electron chi connectivity index (χ3n) is 3.34. The van der Waals surface area contributed by atoms with Gasteiger partial charge in [-0.3, -0.25) is 4.79 Å². The molecule has 0 aliphatic heterocycles. The molecular formula is C16H18N2OS. The third-order valence-corrected chi connectivity index (χ3v) is 4.54. The number of nitrogen functional groups attached to an aromatic ring is 1. The number of thioether (sulfide) groups is 1. The van der Waals surface area contributed by atoms with Crippen molar-refractivity contribution in [3.63, 3.8) is 0 Å². The van der Waals surface area contributed by atoms with Crippen LogP contribution in [-0.2, 0) is 5.75 Å². The summed E-state index contributed by atoms with van der Waals surface area (Å²) in [6, 6.07) is 11.5. The largest absolute Gasteiger partial charge is 0.398 e. The van der Waals surface area contributed by atoms with E-state index in [4.69, 9.17) is 11.5 Å². The summed E-state index contributed by atoms with van der Waals surface area (Å²) in [6.45, 7) is 4.02. The standard InChI is InChI=1S/C16H18N2OS/c1-10-8-12(16(18)19)6-7-13(10)9-20-15-5-3-4-14(17)11(15)2/h3-8H,9,17H2,1-2H3,(H2,18,19). The van der Waals surface area contributed by atoms with Gasteiger partial charge in [-0.25, -0.2) is 0 Å². The highest BCUT2D eigenvalue weighted by Crippen LogP contribution is 2.29. The Hall–Kier alpha value is -1.94. The number of anilines is 1. The van der Waals surface area contributed by atoms with E-state index in [1.165, 1.54) is 10.5 Å². The fourth-order valence-electron chi connectivity index (χ4n) is 1.95. The maximum absolute atomic E-state index is 11.1. The molecule has 4 heteroatoms. The molecule has 2 aromatic rings. The van der Waals surface area contributed by atoms with Crippen LogP contribution in [-0.4, -0.2) is 5.91 Å². The van der Waals surface area contributed by atoms with Gasteiger partial charge in [0, 0.05) is 21.9 Å². The molecule has 0 saturated carbocycles. The maximum Gasteiger partial charge on any atom is 0.248 e. The van der Waals surface area contributed by atoms with Crippen LogP contribution in [0.1, 0.15) is 27.0 Å². The lowest BCUT2D eigenvalue weighted by Crippen LogP contribution is -2.11. The van der Waals surface area contributed by atoms with Crippen LogP contribution in [0.3, 0.4) is 0 Å². The van der Waals surface area contributed by atoms with Crippen molar-refractivity contribution in [1.29, 1.82) is 0 Å². The smallest absolute Gasteiger partial charge is 0.248 e. The number of carbonyl (C=O) groups is 1. The summed E-state index contributed by atoms with van der Waals surface area (Å²) in [5, 5.41) is 0. The predicted molar refractivity (Wildman–Crippen MR) is 84.8 cm³/mol. The first-order valence-corrected chi connectivity index (χ1v) is 7.35. The summed E-state index contributed by atoms with van der Waals surface area (Å²) in [5.41, 5.74) is 15.9. The topological polar surface area (TPSA) is 69.1 Å². The number of primary amides is 1. The van der Waals surface area contributed by atoms with E-state index in [-0.39, 0.29) is 5.91 Å². The summed E-state index contributed by atoms with van der Waals surface area (Å²) in [4.78, 5) is 12.3.